The van der Waals surface area contributed by atoms with Crippen LogP contribution in [-0.2, 0) is 4.79 Å². The molecule has 0 aromatic carbocycles. The molecule has 0 aliphatic rings. The lowest BCUT2D eigenvalue weighted by molar-refractivity contribution is -0.120. The molecule has 1 amide bonds. The van der Waals surface area contributed by atoms with Crippen LogP contribution in [-0.4, -0.2) is 22.1 Å². The molecule has 0 atom stereocenters. The number of aromatic carboxylic acids is 1. The first-order valence-electron chi connectivity index (χ1n) is 7.66. The van der Waals surface area contributed by atoms with E-state index in [9.17, 15) is 14.7 Å². The molecule has 2 rings (SSSR count). The van der Waals surface area contributed by atoms with E-state index < -0.39 is 5.97 Å². The molecule has 7 heteroatoms. The molecule has 0 radical (unpaired) electrons. The zero-order valence-corrected chi connectivity index (χ0v) is 14.0. The lowest BCUT2D eigenvalue weighted by Crippen LogP contribution is -2.23. The van der Waals surface area contributed by atoms with Gasteiger partial charge in [-0.05, 0) is 24.3 Å². The maximum Gasteiger partial charge on any atom is 0.343 e. The van der Waals surface area contributed by atoms with Crippen LogP contribution in [0.4, 0.5) is 5.88 Å². The summed E-state index contributed by atoms with van der Waals surface area (Å²) in [6, 6.07) is 3.56. The van der Waals surface area contributed by atoms with Crippen molar-refractivity contribution in [1.82, 2.24) is 5.16 Å². The number of carbonyl (C=O) groups is 2. The van der Waals surface area contributed by atoms with Crippen molar-refractivity contribution in [2.75, 3.05) is 5.32 Å². The Labute approximate surface area is 138 Å². The molecule has 2 heterocycles. The third kappa shape index (κ3) is 3.98. The predicted molar refractivity (Wildman–Crippen MR) is 88.7 cm³/mol. The van der Waals surface area contributed by atoms with Gasteiger partial charge < -0.3 is 9.63 Å². The highest BCUT2D eigenvalue weighted by atomic mass is 32.1. The molecule has 23 heavy (non-hydrogen) atoms. The van der Waals surface area contributed by atoms with Crippen LogP contribution < -0.4 is 5.32 Å². The van der Waals surface area contributed by atoms with Crippen molar-refractivity contribution in [3.63, 3.8) is 0 Å². The Bertz CT molecular complexity index is 658. The minimum Gasteiger partial charge on any atom is -0.477 e. The van der Waals surface area contributed by atoms with Crippen LogP contribution in [0.3, 0.4) is 0 Å². The largest absolute Gasteiger partial charge is 0.477 e. The van der Waals surface area contributed by atoms with Gasteiger partial charge >= 0.3 is 5.97 Å². The highest BCUT2D eigenvalue weighted by molar-refractivity contribution is 7.13. The number of carboxylic acid groups (broad SMARTS) is 1. The van der Waals surface area contributed by atoms with Gasteiger partial charge in [0.25, 0.3) is 0 Å². The van der Waals surface area contributed by atoms with E-state index in [1.807, 2.05) is 19.2 Å². The molecule has 2 aromatic heterocycles. The van der Waals surface area contributed by atoms with E-state index in [1.54, 1.807) is 12.1 Å². The summed E-state index contributed by atoms with van der Waals surface area (Å²) in [6.07, 6.45) is 3.30. The van der Waals surface area contributed by atoms with Gasteiger partial charge in [0.2, 0.25) is 11.8 Å². The molecule has 2 aromatic rings. The zero-order valence-electron chi connectivity index (χ0n) is 13.2. The number of aromatic nitrogens is 1. The van der Waals surface area contributed by atoms with E-state index in [-0.39, 0.29) is 29.0 Å². The number of hydrogen-bond acceptors (Lipinski definition) is 5. The van der Waals surface area contributed by atoms with Crippen LogP contribution in [0, 0.1) is 5.92 Å². The fourth-order valence-corrected chi connectivity index (χ4v) is 3.18. The average molecular weight is 336 g/mol. The Morgan fingerprint density at radius 1 is 1.35 bits per heavy atom. The van der Waals surface area contributed by atoms with Gasteiger partial charge in [0.15, 0.2) is 5.56 Å². The lowest BCUT2D eigenvalue weighted by Gasteiger charge is -2.13. The first kappa shape index (κ1) is 17.2. The Morgan fingerprint density at radius 3 is 2.57 bits per heavy atom. The van der Waals surface area contributed by atoms with E-state index in [0.29, 0.717) is 4.88 Å². The number of rotatable bonds is 8. The fourth-order valence-electron chi connectivity index (χ4n) is 2.47. The Morgan fingerprint density at radius 2 is 2.04 bits per heavy atom. The number of thiophene rings is 1. The zero-order chi connectivity index (χ0) is 16.8. The molecule has 2 N–H and O–H groups in total. The molecule has 0 fully saturated rings. The summed E-state index contributed by atoms with van der Waals surface area (Å²) >= 11 is 1.36. The van der Waals surface area contributed by atoms with Crippen LogP contribution in [0.25, 0.3) is 10.6 Å². The van der Waals surface area contributed by atoms with E-state index in [2.05, 4.69) is 10.5 Å². The molecular weight excluding hydrogens is 316 g/mol. The van der Waals surface area contributed by atoms with E-state index >= 15 is 0 Å². The highest BCUT2D eigenvalue weighted by Crippen LogP contribution is 2.32. The van der Waals surface area contributed by atoms with Crippen LogP contribution in [0.1, 0.15) is 49.9 Å². The van der Waals surface area contributed by atoms with Crippen molar-refractivity contribution in [2.45, 2.75) is 39.5 Å². The summed E-state index contributed by atoms with van der Waals surface area (Å²) in [6.45, 7) is 4.03. The van der Waals surface area contributed by atoms with Gasteiger partial charge in [0, 0.05) is 5.92 Å². The molecule has 0 bridgehead atoms. The number of nitrogens with zero attached hydrogens (tertiary/aromatic N) is 1. The first-order chi connectivity index (χ1) is 11.1. The van der Waals surface area contributed by atoms with E-state index in [1.165, 1.54) is 11.3 Å². The molecule has 0 aliphatic heterocycles. The van der Waals surface area contributed by atoms with E-state index in [0.717, 1.165) is 25.7 Å². The number of carboxylic acids is 1. The van der Waals surface area contributed by atoms with E-state index in [4.69, 9.17) is 4.52 Å². The van der Waals surface area contributed by atoms with Gasteiger partial charge in [0.1, 0.15) is 5.69 Å². The van der Waals surface area contributed by atoms with Crippen molar-refractivity contribution in [3.8, 4) is 10.6 Å². The van der Waals surface area contributed by atoms with Gasteiger partial charge in [-0.15, -0.1) is 11.3 Å². The molecule has 0 aliphatic carbocycles. The van der Waals surface area contributed by atoms with Gasteiger partial charge in [-0.3, -0.25) is 10.1 Å². The number of carbonyl (C=O) groups excluding carboxylic acids is 1. The maximum atomic E-state index is 12.4. The van der Waals surface area contributed by atoms with Crippen molar-refractivity contribution in [1.29, 1.82) is 0 Å². The van der Waals surface area contributed by atoms with Crippen molar-refractivity contribution in [3.05, 3.63) is 23.1 Å². The summed E-state index contributed by atoms with van der Waals surface area (Å²) in [5.41, 5.74) is 0.137. The number of nitrogens with one attached hydrogen (secondary N) is 1. The molecular formula is C16H20N2O4S. The summed E-state index contributed by atoms with van der Waals surface area (Å²) in [4.78, 5) is 24.6. The van der Waals surface area contributed by atoms with Gasteiger partial charge in [-0.2, -0.15) is 0 Å². The molecule has 0 unspecified atom stereocenters. The third-order valence-corrected chi connectivity index (χ3v) is 4.42. The Balaban J connectivity index is 2.26. The molecule has 6 nitrogen and oxygen atoms in total. The van der Waals surface area contributed by atoms with Crippen LogP contribution >= 0.6 is 11.3 Å². The second kappa shape index (κ2) is 7.92. The topological polar surface area (TPSA) is 92.4 Å². The van der Waals surface area contributed by atoms with Crippen molar-refractivity contribution >= 4 is 29.1 Å². The number of anilines is 1. The monoisotopic (exact) mass is 336 g/mol. The smallest absolute Gasteiger partial charge is 0.343 e. The molecule has 0 saturated heterocycles. The van der Waals surface area contributed by atoms with Crippen LogP contribution in [0.15, 0.2) is 22.0 Å². The maximum absolute atomic E-state index is 12.4. The second-order valence-corrected chi connectivity index (χ2v) is 6.23. The summed E-state index contributed by atoms with van der Waals surface area (Å²) in [5, 5.41) is 17.7. The Kier molecular flexibility index (Phi) is 5.92. The minimum absolute atomic E-state index is 0.0943. The van der Waals surface area contributed by atoms with Crippen molar-refractivity contribution < 1.29 is 19.2 Å². The van der Waals surface area contributed by atoms with Gasteiger partial charge in [0.05, 0.1) is 4.88 Å². The number of hydrogen-bond donors (Lipinski definition) is 2. The second-order valence-electron chi connectivity index (χ2n) is 5.28. The lowest BCUT2D eigenvalue weighted by atomic mass is 9.97. The predicted octanol–water partition coefficient (Wildman–Crippen LogP) is 4.26. The van der Waals surface area contributed by atoms with Gasteiger partial charge in [-0.1, -0.05) is 37.9 Å². The SMILES string of the molecule is CCCC(CCC)C(=O)Nc1onc(-c2cccs2)c1C(=O)O. The molecule has 124 valence electrons. The minimum atomic E-state index is -1.17. The fraction of sp³-hybridized carbons (Fsp3) is 0.438. The normalized spacial score (nSPS) is 10.9. The van der Waals surface area contributed by atoms with Crippen molar-refractivity contribution in [2.24, 2.45) is 5.92 Å². The molecule has 0 spiro atoms. The quantitative estimate of drug-likeness (QED) is 0.751. The Hall–Kier alpha value is -2.15. The first-order valence-corrected chi connectivity index (χ1v) is 8.54. The van der Waals surface area contributed by atoms with Crippen LogP contribution in [0.2, 0.25) is 0 Å². The third-order valence-electron chi connectivity index (χ3n) is 3.54. The molecule has 0 saturated carbocycles. The summed E-state index contributed by atoms with van der Waals surface area (Å²) in [5.74, 6) is -1.64. The highest BCUT2D eigenvalue weighted by Gasteiger charge is 2.27. The summed E-state index contributed by atoms with van der Waals surface area (Å²) in [7, 11) is 0. The van der Waals surface area contributed by atoms with Gasteiger partial charge in [-0.25, -0.2) is 4.79 Å². The number of amides is 1. The summed E-state index contributed by atoms with van der Waals surface area (Å²) < 4.78 is 5.10. The van der Waals surface area contributed by atoms with Crippen LogP contribution in [0.5, 0.6) is 0 Å². The standard InChI is InChI=1S/C16H20N2O4S/c1-3-6-10(7-4-2)14(19)17-15-12(16(20)21)13(18-22-15)11-8-5-9-23-11/h5,8-10H,3-4,6-7H2,1-2H3,(H,17,19)(H,20,21). The average Bonchev–Trinajstić information content (AvgIpc) is 3.15.